The van der Waals surface area contributed by atoms with Crippen LogP contribution in [0.2, 0.25) is 0 Å². The van der Waals surface area contributed by atoms with E-state index in [0.717, 1.165) is 29.6 Å². The molecule has 0 bridgehead atoms. The number of nitrogens with zero attached hydrogens (tertiary/aromatic N) is 1. The highest BCUT2D eigenvalue weighted by molar-refractivity contribution is 6.10. The molecule has 1 atom stereocenters. The lowest BCUT2D eigenvalue weighted by Crippen LogP contribution is -2.08. The molecule has 0 saturated carbocycles. The van der Waals surface area contributed by atoms with Crippen LogP contribution < -0.4 is 5.32 Å². The van der Waals surface area contributed by atoms with Gasteiger partial charge in [0.1, 0.15) is 11.6 Å². The van der Waals surface area contributed by atoms with Crippen molar-refractivity contribution >= 4 is 22.5 Å². The van der Waals surface area contributed by atoms with Crippen molar-refractivity contribution in [1.29, 1.82) is 0 Å². The standard InChI is InChI=1S/C25H19FN2O/c26-20-10-5-17(6-11-20)25(29)19-8-12-22-18(15-19)9-14-24(27-22)28-23-13-7-16-3-1-2-4-21(16)23/h1-6,8-12,14-15,23H,7,13H2,(H,27,28)/t23-/m1/s1. The summed E-state index contributed by atoms with van der Waals surface area (Å²) in [6.07, 6.45) is 2.14. The summed E-state index contributed by atoms with van der Waals surface area (Å²) in [5.41, 5.74) is 4.61. The van der Waals surface area contributed by atoms with Crippen LogP contribution in [0, 0.1) is 5.82 Å². The molecule has 1 N–H and O–H groups in total. The van der Waals surface area contributed by atoms with Gasteiger partial charge in [0, 0.05) is 16.5 Å². The van der Waals surface area contributed by atoms with Gasteiger partial charge in [-0.2, -0.15) is 0 Å². The highest BCUT2D eigenvalue weighted by Gasteiger charge is 2.22. The van der Waals surface area contributed by atoms with Gasteiger partial charge in [-0.05, 0) is 78.6 Å². The van der Waals surface area contributed by atoms with Gasteiger partial charge in [-0.25, -0.2) is 9.37 Å². The number of rotatable bonds is 4. The Morgan fingerprint density at radius 3 is 2.59 bits per heavy atom. The first-order valence-electron chi connectivity index (χ1n) is 9.73. The molecule has 1 aliphatic carbocycles. The van der Waals surface area contributed by atoms with Crippen molar-refractivity contribution < 1.29 is 9.18 Å². The third kappa shape index (κ3) is 3.38. The number of pyridine rings is 1. The molecule has 0 saturated heterocycles. The molecule has 0 radical (unpaired) electrons. The molecule has 0 aliphatic heterocycles. The maximum atomic E-state index is 13.1. The van der Waals surface area contributed by atoms with Crippen molar-refractivity contribution in [2.45, 2.75) is 18.9 Å². The lowest BCUT2D eigenvalue weighted by Gasteiger charge is -2.15. The zero-order valence-corrected chi connectivity index (χ0v) is 15.7. The normalized spacial score (nSPS) is 15.3. The van der Waals surface area contributed by atoms with Gasteiger partial charge in [0.25, 0.3) is 0 Å². The number of nitrogens with one attached hydrogen (secondary N) is 1. The Balaban J connectivity index is 1.40. The summed E-state index contributed by atoms with van der Waals surface area (Å²) < 4.78 is 13.1. The largest absolute Gasteiger partial charge is 0.363 e. The summed E-state index contributed by atoms with van der Waals surface area (Å²) in [5, 5.41) is 4.44. The van der Waals surface area contributed by atoms with Crippen LogP contribution in [0.4, 0.5) is 10.2 Å². The van der Waals surface area contributed by atoms with E-state index < -0.39 is 0 Å². The van der Waals surface area contributed by atoms with Gasteiger partial charge >= 0.3 is 0 Å². The molecule has 4 heteroatoms. The van der Waals surface area contributed by atoms with Gasteiger partial charge in [0.15, 0.2) is 5.78 Å². The fourth-order valence-electron chi connectivity index (χ4n) is 4.00. The molecule has 0 unspecified atom stereocenters. The lowest BCUT2D eigenvalue weighted by atomic mass is 10.0. The molecule has 1 aromatic heterocycles. The number of hydrogen-bond donors (Lipinski definition) is 1. The van der Waals surface area contributed by atoms with Crippen molar-refractivity contribution in [2.75, 3.05) is 5.32 Å². The Labute approximate surface area is 168 Å². The predicted octanol–water partition coefficient (Wildman–Crippen LogP) is 5.70. The summed E-state index contributed by atoms with van der Waals surface area (Å²) in [4.78, 5) is 17.4. The lowest BCUT2D eigenvalue weighted by molar-refractivity contribution is 0.103. The third-order valence-corrected chi connectivity index (χ3v) is 5.51. The molecule has 29 heavy (non-hydrogen) atoms. The van der Waals surface area contributed by atoms with E-state index in [2.05, 4.69) is 29.6 Å². The Bertz CT molecular complexity index is 1220. The van der Waals surface area contributed by atoms with Gasteiger partial charge in [0.2, 0.25) is 0 Å². The van der Waals surface area contributed by atoms with Crippen LogP contribution in [-0.2, 0) is 6.42 Å². The van der Waals surface area contributed by atoms with Gasteiger partial charge in [-0.1, -0.05) is 24.3 Å². The van der Waals surface area contributed by atoms with Gasteiger partial charge < -0.3 is 5.32 Å². The average molecular weight is 382 g/mol. The number of halogens is 1. The Morgan fingerprint density at radius 2 is 1.72 bits per heavy atom. The van der Waals surface area contributed by atoms with E-state index in [1.165, 1.54) is 35.4 Å². The maximum Gasteiger partial charge on any atom is 0.193 e. The summed E-state index contributed by atoms with van der Waals surface area (Å²) in [6.45, 7) is 0. The van der Waals surface area contributed by atoms with E-state index in [1.54, 1.807) is 6.07 Å². The minimum atomic E-state index is -0.353. The van der Waals surface area contributed by atoms with Crippen LogP contribution in [0.25, 0.3) is 10.9 Å². The summed E-state index contributed by atoms with van der Waals surface area (Å²) in [6, 6.07) is 23.8. The number of benzene rings is 3. The van der Waals surface area contributed by atoms with Crippen molar-refractivity contribution in [3.63, 3.8) is 0 Å². The van der Waals surface area contributed by atoms with E-state index in [1.807, 2.05) is 24.3 Å². The second-order valence-electron chi connectivity index (χ2n) is 7.37. The number of aryl methyl sites for hydroxylation is 1. The monoisotopic (exact) mass is 382 g/mol. The summed E-state index contributed by atoms with van der Waals surface area (Å²) in [5.74, 6) is 0.350. The van der Waals surface area contributed by atoms with E-state index >= 15 is 0 Å². The molecule has 1 heterocycles. The SMILES string of the molecule is O=C(c1ccc(F)cc1)c1ccc2nc(N[C@@H]3CCc4ccccc43)ccc2c1. The summed E-state index contributed by atoms with van der Waals surface area (Å²) in [7, 11) is 0. The fraction of sp³-hybridized carbons (Fsp3) is 0.120. The topological polar surface area (TPSA) is 42.0 Å². The fourth-order valence-corrected chi connectivity index (χ4v) is 4.00. The maximum absolute atomic E-state index is 13.1. The molecule has 0 spiro atoms. The van der Waals surface area contributed by atoms with Crippen LogP contribution in [-0.4, -0.2) is 10.8 Å². The zero-order valence-electron chi connectivity index (χ0n) is 15.7. The number of carbonyl (C=O) groups excluding carboxylic acids is 1. The van der Waals surface area contributed by atoms with Gasteiger partial charge in [0.05, 0.1) is 11.6 Å². The highest BCUT2D eigenvalue weighted by Crippen LogP contribution is 2.33. The minimum Gasteiger partial charge on any atom is -0.363 e. The van der Waals surface area contributed by atoms with Crippen LogP contribution in [0.15, 0.2) is 78.9 Å². The van der Waals surface area contributed by atoms with Crippen molar-refractivity contribution in [3.8, 4) is 0 Å². The number of hydrogen-bond acceptors (Lipinski definition) is 3. The first kappa shape index (κ1) is 17.6. The molecule has 142 valence electrons. The summed E-state index contributed by atoms with van der Waals surface area (Å²) >= 11 is 0. The quantitative estimate of drug-likeness (QED) is 0.460. The number of ketones is 1. The van der Waals surface area contributed by atoms with Crippen molar-refractivity contribution in [2.24, 2.45) is 0 Å². The average Bonchev–Trinajstić information content (AvgIpc) is 3.16. The zero-order chi connectivity index (χ0) is 19.8. The van der Waals surface area contributed by atoms with E-state index in [4.69, 9.17) is 4.98 Å². The smallest absolute Gasteiger partial charge is 0.193 e. The van der Waals surface area contributed by atoms with E-state index in [-0.39, 0.29) is 17.6 Å². The molecule has 0 fully saturated rings. The number of anilines is 1. The predicted molar refractivity (Wildman–Crippen MR) is 113 cm³/mol. The Hall–Kier alpha value is -3.53. The second kappa shape index (κ2) is 7.13. The highest BCUT2D eigenvalue weighted by atomic mass is 19.1. The molecule has 5 rings (SSSR count). The van der Waals surface area contributed by atoms with Crippen molar-refractivity contribution in [3.05, 3.63) is 107 Å². The Morgan fingerprint density at radius 1 is 0.931 bits per heavy atom. The molecule has 4 aromatic rings. The third-order valence-electron chi connectivity index (χ3n) is 5.51. The number of carbonyl (C=O) groups is 1. The molecule has 3 nitrogen and oxygen atoms in total. The van der Waals surface area contributed by atoms with Crippen LogP contribution in [0.1, 0.15) is 39.5 Å². The van der Waals surface area contributed by atoms with Crippen LogP contribution >= 0.6 is 0 Å². The van der Waals surface area contributed by atoms with Crippen molar-refractivity contribution in [1.82, 2.24) is 4.98 Å². The molecule has 1 aliphatic rings. The minimum absolute atomic E-state index is 0.128. The molecular formula is C25H19FN2O. The van der Waals surface area contributed by atoms with Crippen LogP contribution in [0.3, 0.4) is 0 Å². The molecular weight excluding hydrogens is 363 g/mol. The van der Waals surface area contributed by atoms with Gasteiger partial charge in [-0.3, -0.25) is 4.79 Å². The first-order valence-corrected chi connectivity index (χ1v) is 9.73. The first-order chi connectivity index (χ1) is 14.2. The molecule has 0 amide bonds. The Kier molecular flexibility index (Phi) is 4.32. The van der Waals surface area contributed by atoms with E-state index in [0.29, 0.717) is 11.1 Å². The van der Waals surface area contributed by atoms with E-state index in [9.17, 15) is 9.18 Å². The van der Waals surface area contributed by atoms with Crippen LogP contribution in [0.5, 0.6) is 0 Å². The van der Waals surface area contributed by atoms with Gasteiger partial charge in [-0.15, -0.1) is 0 Å². The number of aromatic nitrogens is 1. The number of fused-ring (bicyclic) bond motifs is 2. The second-order valence-corrected chi connectivity index (χ2v) is 7.37. The molecule has 3 aromatic carbocycles.